The Kier molecular flexibility index (Phi) is 18.2. The topological polar surface area (TPSA) is 211 Å². The molecule has 384 valence electrons. The average molecular weight is 1040 g/mol. The molecule has 0 atom stereocenters. The Labute approximate surface area is 438 Å². The summed E-state index contributed by atoms with van der Waals surface area (Å²) in [6.45, 7) is 17.3. The number of phenols is 3. The van der Waals surface area contributed by atoms with Gasteiger partial charge in [-0.2, -0.15) is 8.42 Å². The summed E-state index contributed by atoms with van der Waals surface area (Å²) in [6, 6.07) is 34.2. The fourth-order valence-corrected chi connectivity index (χ4v) is 9.70. The highest BCUT2D eigenvalue weighted by Gasteiger charge is 2.20. The molecule has 1 fully saturated rings. The third-order valence-electron chi connectivity index (χ3n) is 12.1. The zero-order chi connectivity index (χ0) is 53.1. The molecular weight excluding hydrogens is 973 g/mol. The molecule has 74 heavy (non-hydrogen) atoms. The largest absolute Gasteiger partial charge is 0.508 e. The predicted molar refractivity (Wildman–Crippen MR) is 294 cm³/mol. The zero-order valence-corrected chi connectivity index (χ0v) is 44.6. The molecule has 16 heteroatoms. The Hall–Kier alpha value is -7.24. The fraction of sp³-hybridized carbons (Fsp3) is 0.276. The van der Waals surface area contributed by atoms with Crippen molar-refractivity contribution in [3.8, 4) is 91.3 Å². The van der Waals surface area contributed by atoms with E-state index in [1.54, 1.807) is 18.2 Å². The van der Waals surface area contributed by atoms with Gasteiger partial charge in [0.05, 0.1) is 30.1 Å². The lowest BCUT2D eigenvalue weighted by atomic mass is 10.0. The Morgan fingerprint density at radius 1 is 0.486 bits per heavy atom. The first-order valence-corrected chi connectivity index (χ1v) is 26.8. The van der Waals surface area contributed by atoms with E-state index >= 15 is 0 Å². The molecule has 9 rings (SSSR count). The fourth-order valence-electron chi connectivity index (χ4n) is 8.32. The maximum Gasteiger partial charge on any atom is 0.267 e. The second-order valence-electron chi connectivity index (χ2n) is 18.4. The molecule has 0 radical (unpaired) electrons. The number of unbranched alkanes of at least 4 members (excludes halogenated alkanes) is 1. The van der Waals surface area contributed by atoms with Crippen LogP contribution in [0.15, 0.2) is 109 Å². The molecule has 1 aliphatic heterocycles. The number of nitrogens with zero attached hydrogens (tertiary/aromatic N) is 6. The van der Waals surface area contributed by atoms with Crippen molar-refractivity contribution in [2.75, 3.05) is 24.7 Å². The van der Waals surface area contributed by atoms with E-state index in [0.717, 1.165) is 93.4 Å². The summed E-state index contributed by atoms with van der Waals surface area (Å²) >= 11 is 0.837. The lowest BCUT2D eigenvalue weighted by Crippen LogP contribution is -2.17. The summed E-state index contributed by atoms with van der Waals surface area (Å²) in [5, 5.41) is 30.9. The standard InChI is InChI=1S/C29H31N3O3S.C25H23N3O2.C4H8O3S/c1-18-7-10-23(20(3)15-18)27-30-28(24-11-8-19(2)16-21(24)4)32-29(31-27)25-12-9-22(17-26(25)33)35-13-5-6-14-36-34;1-14-5-8-19(16(3)11-14)23-26-24(20-9-6-15(2)12-17(20)4)28-25(27-23)21-10-7-18(29)13-22(21)30;5-8(6)4-2-1-3-7-8/h7-12,15-17,33-34H,5-6,13-14H2,1-4H3;5-13,29-30H,1-4H3;1-4H2. The van der Waals surface area contributed by atoms with Crippen LogP contribution in [0.1, 0.15) is 70.2 Å². The van der Waals surface area contributed by atoms with Crippen LogP contribution in [0.4, 0.5) is 0 Å². The normalized spacial score (nSPS) is 12.8. The maximum atomic E-state index is 10.9. The van der Waals surface area contributed by atoms with Gasteiger partial charge in [-0.15, -0.1) is 0 Å². The molecule has 0 aliphatic carbocycles. The van der Waals surface area contributed by atoms with Gasteiger partial charge in [0.1, 0.15) is 23.0 Å². The Morgan fingerprint density at radius 3 is 1.19 bits per heavy atom. The van der Waals surface area contributed by atoms with Crippen molar-refractivity contribution in [1.82, 2.24) is 29.9 Å². The van der Waals surface area contributed by atoms with Crippen LogP contribution in [-0.4, -0.2) is 82.9 Å². The van der Waals surface area contributed by atoms with Gasteiger partial charge in [-0.05, 0) is 140 Å². The van der Waals surface area contributed by atoms with Crippen LogP contribution in [0, 0.1) is 55.4 Å². The molecular formula is C58H62N6O8S2. The van der Waals surface area contributed by atoms with E-state index in [0.29, 0.717) is 70.8 Å². The minimum Gasteiger partial charge on any atom is -0.508 e. The molecule has 6 aromatic carbocycles. The highest BCUT2D eigenvalue weighted by atomic mass is 32.2. The molecule has 14 nitrogen and oxygen atoms in total. The number of hydrogen-bond donors (Lipinski definition) is 4. The minimum atomic E-state index is -3.08. The van der Waals surface area contributed by atoms with Gasteiger partial charge in [0.2, 0.25) is 0 Å². The van der Waals surface area contributed by atoms with Gasteiger partial charge in [-0.25, -0.2) is 29.9 Å². The number of phenolic OH excluding ortho intramolecular Hbond substituents is 3. The molecule has 8 aromatic rings. The molecule has 0 bridgehead atoms. The second kappa shape index (κ2) is 24.7. The summed E-state index contributed by atoms with van der Waals surface area (Å²) in [5.74, 6) is 4.36. The first-order chi connectivity index (χ1) is 35.4. The number of rotatable bonds is 12. The van der Waals surface area contributed by atoms with Gasteiger partial charge < -0.3 is 24.6 Å². The van der Waals surface area contributed by atoms with Crippen molar-refractivity contribution in [2.24, 2.45) is 0 Å². The average Bonchev–Trinajstić information content (AvgIpc) is 3.34. The van der Waals surface area contributed by atoms with E-state index in [1.807, 2.05) is 96.1 Å². The number of benzene rings is 6. The molecule has 4 N–H and O–H groups in total. The number of ether oxygens (including phenoxy) is 1. The third kappa shape index (κ3) is 14.3. The maximum absolute atomic E-state index is 10.9. The van der Waals surface area contributed by atoms with E-state index < -0.39 is 10.1 Å². The van der Waals surface area contributed by atoms with E-state index in [1.165, 1.54) is 23.3 Å². The molecule has 3 heterocycles. The molecule has 1 saturated heterocycles. The van der Waals surface area contributed by atoms with Crippen molar-refractivity contribution >= 4 is 22.2 Å². The van der Waals surface area contributed by atoms with Crippen molar-refractivity contribution in [3.05, 3.63) is 154 Å². The van der Waals surface area contributed by atoms with Crippen LogP contribution in [-0.2, 0) is 14.3 Å². The summed E-state index contributed by atoms with van der Waals surface area (Å²) in [7, 11) is -3.08. The Bertz CT molecular complexity index is 3160. The van der Waals surface area contributed by atoms with Crippen molar-refractivity contribution in [1.29, 1.82) is 0 Å². The molecule has 2 aromatic heterocycles. The second-order valence-corrected chi connectivity index (χ2v) is 20.9. The summed E-state index contributed by atoms with van der Waals surface area (Å²) < 4.78 is 39.9. The highest BCUT2D eigenvalue weighted by molar-refractivity contribution is 7.93. The van der Waals surface area contributed by atoms with Gasteiger partial charge in [0, 0.05) is 40.1 Å². The monoisotopic (exact) mass is 1030 g/mol. The van der Waals surface area contributed by atoms with Crippen LogP contribution in [0.5, 0.6) is 23.0 Å². The third-order valence-corrected chi connectivity index (χ3v) is 13.9. The van der Waals surface area contributed by atoms with Crippen LogP contribution >= 0.6 is 12.0 Å². The summed E-state index contributed by atoms with van der Waals surface area (Å²) in [6.07, 6.45) is 3.31. The molecule has 0 spiro atoms. The molecule has 0 saturated carbocycles. The number of aromatic hydroxyl groups is 3. The zero-order valence-electron chi connectivity index (χ0n) is 43.0. The first-order valence-electron chi connectivity index (χ1n) is 24.3. The van der Waals surface area contributed by atoms with Gasteiger partial charge in [0.15, 0.2) is 34.9 Å². The van der Waals surface area contributed by atoms with E-state index in [-0.39, 0.29) is 23.0 Å². The lowest BCUT2D eigenvalue weighted by molar-refractivity contribution is 0.292. The van der Waals surface area contributed by atoms with Crippen LogP contribution in [0.3, 0.4) is 0 Å². The number of aryl methyl sites for hydroxylation is 8. The van der Waals surface area contributed by atoms with Crippen LogP contribution < -0.4 is 4.74 Å². The van der Waals surface area contributed by atoms with E-state index in [2.05, 4.69) is 52.3 Å². The van der Waals surface area contributed by atoms with Crippen molar-refractivity contribution in [2.45, 2.75) is 81.1 Å². The van der Waals surface area contributed by atoms with Gasteiger partial charge in [0.25, 0.3) is 10.1 Å². The van der Waals surface area contributed by atoms with Gasteiger partial charge in [-0.3, -0.25) is 4.18 Å². The van der Waals surface area contributed by atoms with Gasteiger partial charge >= 0.3 is 0 Å². The smallest absolute Gasteiger partial charge is 0.267 e. The lowest BCUT2D eigenvalue weighted by Gasteiger charge is -2.13. The van der Waals surface area contributed by atoms with Crippen LogP contribution in [0.25, 0.3) is 68.3 Å². The van der Waals surface area contributed by atoms with Crippen molar-refractivity contribution < 1.29 is 37.2 Å². The van der Waals surface area contributed by atoms with E-state index in [4.69, 9.17) is 29.2 Å². The predicted octanol–water partition coefficient (Wildman–Crippen LogP) is 12.8. The Morgan fingerprint density at radius 2 is 0.865 bits per heavy atom. The van der Waals surface area contributed by atoms with E-state index in [9.17, 15) is 23.7 Å². The molecule has 0 unspecified atom stereocenters. The van der Waals surface area contributed by atoms with Gasteiger partial charge in [-0.1, -0.05) is 95.1 Å². The molecule has 0 amide bonds. The Balaban J connectivity index is 0.000000190. The minimum absolute atomic E-state index is 0.0190. The first kappa shape index (κ1) is 54.5. The van der Waals surface area contributed by atoms with Crippen LogP contribution in [0.2, 0.25) is 0 Å². The quantitative estimate of drug-likeness (QED) is 0.0509. The summed E-state index contributed by atoms with van der Waals surface area (Å²) in [5.41, 5.74) is 13.6. The molecule has 1 aliphatic rings. The number of hydrogen-bond acceptors (Lipinski definition) is 15. The summed E-state index contributed by atoms with van der Waals surface area (Å²) in [4.78, 5) is 28.5. The highest BCUT2D eigenvalue weighted by Crippen LogP contribution is 2.36. The SMILES string of the molecule is Cc1ccc(-c2nc(-c3ccc(C)cc3C)nc(-c3ccc(O)cc3O)n2)c(C)c1.Cc1ccc(-c2nc(-c3ccc(C)cc3C)nc(-c3ccc(OCCCCSO)cc3O)n2)c(C)c1.O=S1(=O)CCCCO1. The van der Waals surface area contributed by atoms with Crippen molar-refractivity contribution in [3.63, 3.8) is 0 Å². The number of aromatic nitrogens is 6.